The van der Waals surface area contributed by atoms with Crippen molar-refractivity contribution in [1.82, 2.24) is 9.71 Å². The molecule has 2 N–H and O–H groups in total. The molecule has 0 amide bonds. The van der Waals surface area contributed by atoms with Crippen LogP contribution < -0.4 is 4.72 Å². The number of hydrogen-bond acceptors (Lipinski definition) is 7. The molecule has 8 nitrogen and oxygen atoms in total. The maximum atomic E-state index is 11.9. The first kappa shape index (κ1) is 16.0. The Morgan fingerprint density at radius 3 is 2.53 bits per heavy atom. The Hall–Kier alpha value is -1.04. The second kappa shape index (κ2) is 5.53. The molecule has 1 aromatic rings. The first-order valence-electron chi connectivity index (χ1n) is 4.90. The lowest BCUT2D eigenvalue weighted by molar-refractivity contribution is 0.0687. The highest BCUT2D eigenvalue weighted by molar-refractivity contribution is 7.92. The number of rotatable bonds is 6. The van der Waals surface area contributed by atoms with E-state index in [9.17, 15) is 21.6 Å². The van der Waals surface area contributed by atoms with Crippen LogP contribution in [-0.4, -0.2) is 50.9 Å². The Balaban J connectivity index is 2.99. The summed E-state index contributed by atoms with van der Waals surface area (Å²) in [5.41, 5.74) is 0.517. The van der Waals surface area contributed by atoms with Crippen LogP contribution in [0.2, 0.25) is 0 Å². The van der Waals surface area contributed by atoms with E-state index in [4.69, 9.17) is 5.11 Å². The third kappa shape index (κ3) is 4.53. The van der Waals surface area contributed by atoms with Crippen molar-refractivity contribution in [2.75, 3.05) is 12.0 Å². The lowest BCUT2D eigenvalue weighted by Crippen LogP contribution is -2.37. The standard InChI is InChI=1S/C8H12N2O6S3/c1-5(3-18(2,13)14)10-19(15,16)8-6(7(11)12)9-4-17-8/h4-5,10H,3H2,1-2H3,(H,11,12). The number of hydrogen-bond donors (Lipinski definition) is 2. The van der Waals surface area contributed by atoms with Crippen molar-refractivity contribution in [3.8, 4) is 0 Å². The number of aromatic nitrogens is 1. The number of carboxylic acids is 1. The Labute approximate surface area is 114 Å². The van der Waals surface area contributed by atoms with E-state index in [1.54, 1.807) is 0 Å². The average Bonchev–Trinajstić information content (AvgIpc) is 2.60. The van der Waals surface area contributed by atoms with Gasteiger partial charge in [0.1, 0.15) is 9.84 Å². The highest BCUT2D eigenvalue weighted by atomic mass is 32.2. The van der Waals surface area contributed by atoms with Gasteiger partial charge in [-0.3, -0.25) is 0 Å². The van der Waals surface area contributed by atoms with E-state index in [1.165, 1.54) is 6.92 Å². The van der Waals surface area contributed by atoms with Gasteiger partial charge >= 0.3 is 5.97 Å². The van der Waals surface area contributed by atoms with Crippen LogP contribution in [0, 0.1) is 0 Å². The second-order valence-electron chi connectivity index (χ2n) is 3.91. The van der Waals surface area contributed by atoms with E-state index in [2.05, 4.69) is 9.71 Å². The highest BCUT2D eigenvalue weighted by Gasteiger charge is 2.27. The Bertz CT molecular complexity index is 675. The molecule has 0 aliphatic rings. The largest absolute Gasteiger partial charge is 0.476 e. The minimum atomic E-state index is -4.10. The minimum Gasteiger partial charge on any atom is -0.476 e. The van der Waals surface area contributed by atoms with Gasteiger partial charge in [0.15, 0.2) is 9.90 Å². The number of sulfone groups is 1. The van der Waals surface area contributed by atoms with Crippen LogP contribution in [-0.2, 0) is 19.9 Å². The highest BCUT2D eigenvalue weighted by Crippen LogP contribution is 2.20. The van der Waals surface area contributed by atoms with Crippen molar-refractivity contribution in [1.29, 1.82) is 0 Å². The van der Waals surface area contributed by atoms with Crippen molar-refractivity contribution >= 4 is 37.2 Å². The van der Waals surface area contributed by atoms with Crippen molar-refractivity contribution in [2.45, 2.75) is 17.2 Å². The lowest BCUT2D eigenvalue weighted by atomic mass is 10.4. The summed E-state index contributed by atoms with van der Waals surface area (Å²) in [7, 11) is -7.45. The summed E-state index contributed by atoms with van der Waals surface area (Å²) in [6, 6.07) is -0.872. The Kier molecular flexibility index (Phi) is 4.66. The van der Waals surface area contributed by atoms with Gasteiger partial charge in [-0.05, 0) is 6.92 Å². The number of carboxylic acid groups (broad SMARTS) is 1. The molecular formula is C8H12N2O6S3. The zero-order chi connectivity index (χ0) is 14.8. The fraction of sp³-hybridized carbons (Fsp3) is 0.500. The zero-order valence-corrected chi connectivity index (χ0v) is 12.5. The number of nitrogens with zero attached hydrogens (tertiary/aromatic N) is 1. The molecule has 19 heavy (non-hydrogen) atoms. The zero-order valence-electron chi connectivity index (χ0n) is 10.0. The second-order valence-corrected chi connectivity index (χ2v) is 8.86. The molecule has 0 saturated heterocycles. The number of aromatic carboxylic acids is 1. The van der Waals surface area contributed by atoms with Crippen LogP contribution in [0.15, 0.2) is 9.72 Å². The van der Waals surface area contributed by atoms with Gasteiger partial charge in [0.2, 0.25) is 0 Å². The van der Waals surface area contributed by atoms with Crippen LogP contribution in [0.5, 0.6) is 0 Å². The lowest BCUT2D eigenvalue weighted by Gasteiger charge is -2.12. The van der Waals surface area contributed by atoms with E-state index in [0.29, 0.717) is 11.3 Å². The smallest absolute Gasteiger partial charge is 0.356 e. The van der Waals surface area contributed by atoms with Crippen LogP contribution in [0.4, 0.5) is 0 Å². The summed E-state index contributed by atoms with van der Waals surface area (Å²) in [6.07, 6.45) is 0.979. The third-order valence-corrected chi connectivity index (χ3v) is 5.96. The molecule has 1 unspecified atom stereocenters. The van der Waals surface area contributed by atoms with Crippen LogP contribution in [0.25, 0.3) is 0 Å². The quantitative estimate of drug-likeness (QED) is 0.723. The van der Waals surface area contributed by atoms with Gasteiger partial charge in [0.25, 0.3) is 10.0 Å². The molecule has 0 saturated carbocycles. The molecule has 0 radical (unpaired) electrons. The summed E-state index contributed by atoms with van der Waals surface area (Å²) in [5.74, 6) is -1.84. The molecule has 1 atom stereocenters. The van der Waals surface area contributed by atoms with Gasteiger partial charge in [0, 0.05) is 12.3 Å². The first-order chi connectivity index (χ1) is 8.53. The summed E-state index contributed by atoms with van der Waals surface area (Å²) in [6.45, 7) is 1.38. The fourth-order valence-electron chi connectivity index (χ4n) is 1.38. The SMILES string of the molecule is CC(CS(C)(=O)=O)NS(=O)(=O)c1scnc1C(=O)O. The van der Waals surface area contributed by atoms with Crippen molar-refractivity contribution in [3.63, 3.8) is 0 Å². The van der Waals surface area contributed by atoms with E-state index in [-0.39, 0.29) is 5.75 Å². The van der Waals surface area contributed by atoms with E-state index < -0.39 is 41.8 Å². The van der Waals surface area contributed by atoms with Gasteiger partial charge in [-0.1, -0.05) is 0 Å². The fourth-order valence-corrected chi connectivity index (χ4v) is 4.87. The van der Waals surface area contributed by atoms with Crippen molar-refractivity contribution in [2.24, 2.45) is 0 Å². The third-order valence-electron chi connectivity index (χ3n) is 1.89. The molecule has 0 aliphatic carbocycles. The molecule has 0 bridgehead atoms. The van der Waals surface area contributed by atoms with E-state index in [0.717, 1.165) is 11.8 Å². The van der Waals surface area contributed by atoms with Crippen molar-refractivity contribution < 1.29 is 26.7 Å². The molecular weight excluding hydrogens is 316 g/mol. The molecule has 0 fully saturated rings. The molecule has 1 heterocycles. The predicted molar refractivity (Wildman–Crippen MR) is 68.6 cm³/mol. The maximum absolute atomic E-state index is 11.9. The molecule has 0 aliphatic heterocycles. The summed E-state index contributed by atoms with van der Waals surface area (Å²) >= 11 is 0.653. The van der Waals surface area contributed by atoms with E-state index in [1.807, 2.05) is 0 Å². The molecule has 11 heteroatoms. The van der Waals surface area contributed by atoms with Crippen LogP contribution in [0.1, 0.15) is 17.4 Å². The normalized spacial score (nSPS) is 14.2. The number of carbonyl (C=O) groups is 1. The predicted octanol–water partition coefficient (Wildman–Crippen LogP) is -0.447. The van der Waals surface area contributed by atoms with Crippen LogP contribution in [0.3, 0.4) is 0 Å². The van der Waals surface area contributed by atoms with Gasteiger partial charge in [-0.15, -0.1) is 11.3 Å². The molecule has 1 rings (SSSR count). The molecule has 0 spiro atoms. The minimum absolute atomic E-state index is 0.382. The summed E-state index contributed by atoms with van der Waals surface area (Å²) in [4.78, 5) is 14.2. The summed E-state index contributed by atoms with van der Waals surface area (Å²) in [5, 5.41) is 8.79. The first-order valence-corrected chi connectivity index (χ1v) is 9.32. The van der Waals surface area contributed by atoms with Gasteiger partial charge < -0.3 is 5.11 Å². The Morgan fingerprint density at radius 1 is 1.47 bits per heavy atom. The molecule has 0 aromatic carbocycles. The average molecular weight is 328 g/mol. The van der Waals surface area contributed by atoms with Crippen LogP contribution >= 0.6 is 11.3 Å². The van der Waals surface area contributed by atoms with E-state index >= 15 is 0 Å². The Morgan fingerprint density at radius 2 is 2.05 bits per heavy atom. The number of nitrogens with one attached hydrogen (secondary N) is 1. The van der Waals surface area contributed by atoms with Gasteiger partial charge in [-0.2, -0.15) is 0 Å². The van der Waals surface area contributed by atoms with Crippen molar-refractivity contribution in [3.05, 3.63) is 11.2 Å². The number of thiazole rings is 1. The number of sulfonamides is 1. The monoisotopic (exact) mass is 328 g/mol. The van der Waals surface area contributed by atoms with Gasteiger partial charge in [0.05, 0.1) is 11.3 Å². The molecule has 1 aromatic heterocycles. The molecule has 108 valence electrons. The maximum Gasteiger partial charge on any atom is 0.356 e. The topological polar surface area (TPSA) is 130 Å². The summed E-state index contributed by atoms with van der Waals surface area (Å²) < 4.78 is 47.6. The van der Waals surface area contributed by atoms with Gasteiger partial charge in [-0.25, -0.2) is 31.3 Å².